The predicted molar refractivity (Wildman–Crippen MR) is 48.9 cm³/mol. The van der Waals surface area contributed by atoms with E-state index < -0.39 is 23.7 Å². The first-order chi connectivity index (χ1) is 7.06. The van der Waals surface area contributed by atoms with Gasteiger partial charge in [-0.25, -0.2) is 0 Å². The first-order valence-corrected chi connectivity index (χ1v) is 4.13. The van der Waals surface area contributed by atoms with Gasteiger partial charge in [0.2, 0.25) is 0 Å². The molecule has 1 aromatic heterocycles. The second kappa shape index (κ2) is 4.78. The van der Waals surface area contributed by atoms with Gasteiger partial charge in [-0.15, -0.1) is 0 Å². The van der Waals surface area contributed by atoms with Crippen molar-refractivity contribution in [2.75, 3.05) is 6.61 Å². The fraction of sp³-hybridized carbons (Fsp3) is 0.375. The van der Waals surface area contributed by atoms with E-state index in [0.717, 1.165) is 12.3 Å². The maximum Gasteiger partial charge on any atom is 0.363 e. The van der Waals surface area contributed by atoms with E-state index in [2.05, 4.69) is 4.98 Å². The van der Waals surface area contributed by atoms with Crippen molar-refractivity contribution in [2.45, 2.75) is 12.2 Å². The van der Waals surface area contributed by atoms with E-state index >= 15 is 0 Å². The third kappa shape index (κ3) is 2.69. The van der Waals surface area contributed by atoms with Crippen LogP contribution in [0.25, 0.3) is 0 Å². The van der Waals surface area contributed by atoms with Crippen LogP contribution in [-0.2, 0) is 0 Å². The first kappa shape index (κ1) is 11.5. The zero-order valence-electron chi connectivity index (χ0n) is 7.65. The van der Waals surface area contributed by atoms with Gasteiger partial charge in [-0.3, -0.25) is 0 Å². The molecule has 0 aliphatic heterocycles. The van der Waals surface area contributed by atoms with E-state index in [1.54, 1.807) is 0 Å². The van der Waals surface area contributed by atoms with Crippen LogP contribution in [-0.4, -0.2) is 37.9 Å². The number of aliphatic hydroxyl groups is 3. The van der Waals surface area contributed by atoms with E-state index in [0.29, 0.717) is 0 Å². The lowest BCUT2D eigenvalue weighted by Crippen LogP contribution is -2.22. The van der Waals surface area contributed by atoms with E-state index in [1.807, 2.05) is 0 Å². The van der Waals surface area contributed by atoms with Crippen molar-refractivity contribution in [3.05, 3.63) is 34.0 Å². The monoisotopic (exact) mass is 214 g/mol. The number of nitro groups is 1. The molecular weight excluding hydrogens is 204 g/mol. The standard InChI is InChI=1S/C8H10N2O5/c11-4-6(12)8(13)5-1-2-7(9-3-5)10(14)15/h1-3,6,8,11-13H,4H2. The molecule has 0 aliphatic carbocycles. The molecule has 0 saturated heterocycles. The molecule has 82 valence electrons. The Morgan fingerprint density at radius 3 is 2.53 bits per heavy atom. The second-order valence-electron chi connectivity index (χ2n) is 2.90. The fourth-order valence-corrected chi connectivity index (χ4v) is 1.00. The Kier molecular flexibility index (Phi) is 3.67. The summed E-state index contributed by atoms with van der Waals surface area (Å²) in [5.41, 5.74) is 0.210. The van der Waals surface area contributed by atoms with E-state index in [9.17, 15) is 15.2 Å². The summed E-state index contributed by atoms with van der Waals surface area (Å²) in [5, 5.41) is 37.3. The lowest BCUT2D eigenvalue weighted by atomic mass is 10.1. The molecule has 0 radical (unpaired) electrons. The molecule has 0 spiro atoms. The summed E-state index contributed by atoms with van der Waals surface area (Å²) in [7, 11) is 0. The van der Waals surface area contributed by atoms with Gasteiger partial charge < -0.3 is 25.4 Å². The fourth-order valence-electron chi connectivity index (χ4n) is 1.00. The smallest absolute Gasteiger partial charge is 0.363 e. The SMILES string of the molecule is O=[N+]([O-])c1ccc(C(O)C(O)CO)cn1. The summed E-state index contributed by atoms with van der Waals surface area (Å²) in [6.07, 6.45) is -1.54. The first-order valence-electron chi connectivity index (χ1n) is 4.13. The number of aliphatic hydroxyl groups excluding tert-OH is 3. The molecule has 2 unspecified atom stereocenters. The summed E-state index contributed by atoms with van der Waals surface area (Å²) >= 11 is 0. The number of pyridine rings is 1. The zero-order valence-corrected chi connectivity index (χ0v) is 7.65. The summed E-state index contributed by atoms with van der Waals surface area (Å²) in [6, 6.07) is 2.39. The molecule has 0 saturated carbocycles. The molecule has 0 bridgehead atoms. The molecule has 7 heteroatoms. The van der Waals surface area contributed by atoms with Gasteiger partial charge in [-0.05, 0) is 16.0 Å². The Morgan fingerprint density at radius 2 is 2.13 bits per heavy atom. The molecule has 0 aromatic carbocycles. The van der Waals surface area contributed by atoms with Crippen LogP contribution in [0.4, 0.5) is 5.82 Å². The number of rotatable bonds is 4. The number of aromatic nitrogens is 1. The number of nitrogens with zero attached hydrogens (tertiary/aromatic N) is 2. The lowest BCUT2D eigenvalue weighted by Gasteiger charge is -2.13. The zero-order chi connectivity index (χ0) is 11.4. The summed E-state index contributed by atoms with van der Waals surface area (Å²) in [5.74, 6) is -0.343. The number of hydrogen-bond donors (Lipinski definition) is 3. The molecule has 1 heterocycles. The van der Waals surface area contributed by atoms with Crippen molar-refractivity contribution in [3.8, 4) is 0 Å². The highest BCUT2D eigenvalue weighted by Crippen LogP contribution is 2.17. The molecule has 15 heavy (non-hydrogen) atoms. The van der Waals surface area contributed by atoms with Crippen molar-refractivity contribution < 1.29 is 20.2 Å². The minimum absolute atomic E-state index is 0.210. The molecule has 0 aliphatic rings. The van der Waals surface area contributed by atoms with Crippen molar-refractivity contribution in [1.82, 2.24) is 4.98 Å². The maximum absolute atomic E-state index is 10.3. The highest BCUT2D eigenvalue weighted by Gasteiger charge is 2.19. The van der Waals surface area contributed by atoms with Crippen molar-refractivity contribution in [3.63, 3.8) is 0 Å². The van der Waals surface area contributed by atoms with Crippen LogP contribution < -0.4 is 0 Å². The number of hydrogen-bond acceptors (Lipinski definition) is 6. The van der Waals surface area contributed by atoms with Gasteiger partial charge in [0.15, 0.2) is 0 Å². The van der Waals surface area contributed by atoms with Gasteiger partial charge >= 0.3 is 5.82 Å². The van der Waals surface area contributed by atoms with Crippen molar-refractivity contribution >= 4 is 5.82 Å². The third-order valence-electron chi connectivity index (χ3n) is 1.85. The van der Waals surface area contributed by atoms with Gasteiger partial charge in [0.25, 0.3) is 0 Å². The summed E-state index contributed by atoms with van der Waals surface area (Å²) in [4.78, 5) is 13.1. The van der Waals surface area contributed by atoms with Gasteiger partial charge in [0, 0.05) is 11.6 Å². The molecule has 1 rings (SSSR count). The van der Waals surface area contributed by atoms with Crippen molar-refractivity contribution in [2.24, 2.45) is 0 Å². The van der Waals surface area contributed by atoms with Crippen LogP contribution in [0.5, 0.6) is 0 Å². The van der Waals surface area contributed by atoms with Gasteiger partial charge in [-0.2, -0.15) is 0 Å². The van der Waals surface area contributed by atoms with Crippen LogP contribution in [0.15, 0.2) is 18.3 Å². The maximum atomic E-state index is 10.3. The quantitative estimate of drug-likeness (QED) is 0.454. The van der Waals surface area contributed by atoms with E-state index in [1.165, 1.54) is 6.07 Å². The Hall–Kier alpha value is -1.57. The minimum Gasteiger partial charge on any atom is -0.394 e. The molecule has 0 fully saturated rings. The Labute approximate surface area is 84.8 Å². The molecule has 7 nitrogen and oxygen atoms in total. The van der Waals surface area contributed by atoms with Crippen LogP contribution >= 0.6 is 0 Å². The molecule has 1 aromatic rings. The summed E-state index contributed by atoms with van der Waals surface area (Å²) < 4.78 is 0. The third-order valence-corrected chi connectivity index (χ3v) is 1.85. The summed E-state index contributed by atoms with van der Waals surface area (Å²) in [6.45, 7) is -0.599. The molecule has 0 amide bonds. The molecule has 2 atom stereocenters. The normalized spacial score (nSPS) is 14.6. The van der Waals surface area contributed by atoms with Crippen LogP contribution in [0, 0.1) is 10.1 Å². The Morgan fingerprint density at radius 1 is 1.47 bits per heavy atom. The second-order valence-corrected chi connectivity index (χ2v) is 2.90. The molecular formula is C8H10N2O5. The van der Waals surface area contributed by atoms with Crippen LogP contribution in [0.3, 0.4) is 0 Å². The van der Waals surface area contributed by atoms with Crippen LogP contribution in [0.2, 0.25) is 0 Å². The minimum atomic E-state index is -1.33. The van der Waals surface area contributed by atoms with E-state index in [-0.39, 0.29) is 11.4 Å². The Balaban J connectivity index is 2.84. The topological polar surface area (TPSA) is 117 Å². The molecule has 3 N–H and O–H groups in total. The van der Waals surface area contributed by atoms with E-state index in [4.69, 9.17) is 10.2 Å². The van der Waals surface area contributed by atoms with Gasteiger partial charge in [-0.1, -0.05) is 0 Å². The van der Waals surface area contributed by atoms with Gasteiger partial charge in [0.05, 0.1) is 6.61 Å². The Bertz CT molecular complexity index is 339. The van der Waals surface area contributed by atoms with Gasteiger partial charge in [0.1, 0.15) is 18.4 Å². The largest absolute Gasteiger partial charge is 0.394 e. The highest BCUT2D eigenvalue weighted by molar-refractivity contribution is 5.24. The average molecular weight is 214 g/mol. The average Bonchev–Trinajstić information content (AvgIpc) is 2.27. The van der Waals surface area contributed by atoms with Crippen LogP contribution in [0.1, 0.15) is 11.7 Å². The highest BCUT2D eigenvalue weighted by atomic mass is 16.6. The predicted octanol–water partition coefficient (Wildman–Crippen LogP) is -0.624. The lowest BCUT2D eigenvalue weighted by molar-refractivity contribution is -0.389. The van der Waals surface area contributed by atoms with Crippen molar-refractivity contribution in [1.29, 1.82) is 0 Å².